The standard InChI is InChI=1S/C25H29BOP/c1-18-12-19(2)15-23(14-18)28(26,24-16-20(3)13-21(4)17-24)25(10-11-27)22-8-6-5-7-9-22/h5-9,12-17,25,27H,10-11H2,1-4H3/q+1/t25-/m0/s1. The molecule has 0 unspecified atom stereocenters. The van der Waals surface area contributed by atoms with Crippen molar-refractivity contribution in [3.63, 3.8) is 0 Å². The highest BCUT2D eigenvalue weighted by atomic mass is 31.2. The molecular formula is C25H29BOP+. The molecule has 0 saturated heterocycles. The quantitative estimate of drug-likeness (QED) is 0.461. The van der Waals surface area contributed by atoms with E-state index in [1.807, 2.05) is 6.07 Å². The Hall–Kier alpha value is -1.89. The smallest absolute Gasteiger partial charge is 0.378 e. The molecule has 1 nitrogen and oxygen atoms in total. The zero-order valence-electron chi connectivity index (χ0n) is 17.3. The average molecular weight is 387 g/mol. The molecule has 0 fully saturated rings. The van der Waals surface area contributed by atoms with Crippen molar-refractivity contribution in [3.8, 4) is 0 Å². The maximum atomic E-state index is 9.94. The third-order valence-corrected chi connectivity index (χ3v) is 9.11. The van der Waals surface area contributed by atoms with Gasteiger partial charge in [0.1, 0.15) is 0 Å². The Morgan fingerprint density at radius 3 is 1.57 bits per heavy atom. The van der Waals surface area contributed by atoms with Crippen LogP contribution < -0.4 is 10.6 Å². The molecule has 0 heterocycles. The van der Waals surface area contributed by atoms with Crippen LogP contribution in [0, 0.1) is 27.7 Å². The zero-order chi connectivity index (χ0) is 20.3. The third kappa shape index (κ3) is 4.24. The topological polar surface area (TPSA) is 20.2 Å². The van der Waals surface area contributed by atoms with Crippen molar-refractivity contribution in [1.29, 1.82) is 0 Å². The van der Waals surface area contributed by atoms with Gasteiger partial charge >= 0.3 is 7.57 Å². The highest BCUT2D eigenvalue weighted by Gasteiger charge is 2.46. The van der Waals surface area contributed by atoms with Crippen molar-refractivity contribution in [2.45, 2.75) is 39.8 Å². The van der Waals surface area contributed by atoms with E-state index in [9.17, 15) is 5.11 Å². The Balaban J connectivity index is 2.32. The van der Waals surface area contributed by atoms with Crippen LogP contribution in [-0.4, -0.2) is 19.3 Å². The zero-order valence-corrected chi connectivity index (χ0v) is 18.2. The molecule has 1 atom stereocenters. The Morgan fingerprint density at radius 1 is 0.750 bits per heavy atom. The summed E-state index contributed by atoms with van der Waals surface area (Å²) in [7, 11) is 5.19. The van der Waals surface area contributed by atoms with E-state index in [2.05, 4.69) is 88.4 Å². The summed E-state index contributed by atoms with van der Waals surface area (Å²) in [6.45, 7) is 8.64. The van der Waals surface area contributed by atoms with Gasteiger partial charge in [0.15, 0.2) is 0 Å². The maximum Gasteiger partial charge on any atom is 0.378 e. The summed E-state index contributed by atoms with van der Waals surface area (Å²) in [5, 5.41) is 12.3. The van der Waals surface area contributed by atoms with Gasteiger partial charge < -0.3 is 5.11 Å². The van der Waals surface area contributed by atoms with Crippen LogP contribution in [0.1, 0.15) is 39.9 Å². The highest BCUT2D eigenvalue weighted by molar-refractivity contribution is 8.08. The Morgan fingerprint density at radius 2 is 1.18 bits per heavy atom. The van der Waals surface area contributed by atoms with Crippen molar-refractivity contribution < 1.29 is 5.11 Å². The van der Waals surface area contributed by atoms with Crippen LogP contribution in [0.3, 0.4) is 0 Å². The normalized spacial score (nSPS) is 12.8. The van der Waals surface area contributed by atoms with E-state index in [4.69, 9.17) is 7.57 Å². The molecule has 0 saturated carbocycles. The van der Waals surface area contributed by atoms with E-state index in [0.29, 0.717) is 6.42 Å². The van der Waals surface area contributed by atoms with Crippen LogP contribution >= 0.6 is 7.14 Å². The summed E-state index contributed by atoms with van der Waals surface area (Å²) in [5.41, 5.74) is 6.18. The number of aliphatic hydroxyl groups excluding tert-OH is 1. The van der Waals surface area contributed by atoms with Gasteiger partial charge in [-0.1, -0.05) is 42.5 Å². The van der Waals surface area contributed by atoms with E-state index < -0.39 is 7.14 Å². The largest absolute Gasteiger partial charge is 0.396 e. The summed E-state index contributed by atoms with van der Waals surface area (Å²) >= 11 is 0. The monoisotopic (exact) mass is 387 g/mol. The first-order valence-corrected chi connectivity index (χ1v) is 11.8. The highest BCUT2D eigenvalue weighted by Crippen LogP contribution is 2.65. The van der Waals surface area contributed by atoms with Crippen molar-refractivity contribution >= 4 is 25.3 Å². The second-order valence-corrected chi connectivity index (χ2v) is 11.1. The SMILES string of the molecule is [B][P+](c1cc(C)cc(C)c1)(c1cc(C)cc(C)c1)[C@@H](CCO)c1ccccc1. The number of aryl methyl sites for hydroxylation is 4. The summed E-state index contributed by atoms with van der Waals surface area (Å²) in [6.07, 6.45) is 0.647. The first kappa shape index (κ1) is 20.8. The van der Waals surface area contributed by atoms with Gasteiger partial charge in [0.05, 0.1) is 16.3 Å². The van der Waals surface area contributed by atoms with Gasteiger partial charge in [0, 0.05) is 20.2 Å². The molecule has 0 amide bonds. The minimum absolute atomic E-state index is 0.0705. The molecule has 3 aromatic carbocycles. The minimum Gasteiger partial charge on any atom is -0.396 e. The van der Waals surface area contributed by atoms with Gasteiger partial charge in [-0.2, -0.15) is 0 Å². The summed E-state index contributed by atoms with van der Waals surface area (Å²) < 4.78 is 0. The molecule has 3 heteroatoms. The lowest BCUT2D eigenvalue weighted by Gasteiger charge is -2.33. The van der Waals surface area contributed by atoms with Crippen LogP contribution in [0.15, 0.2) is 66.7 Å². The van der Waals surface area contributed by atoms with Crippen LogP contribution in [0.4, 0.5) is 0 Å². The van der Waals surface area contributed by atoms with Crippen LogP contribution in [-0.2, 0) is 0 Å². The van der Waals surface area contributed by atoms with E-state index >= 15 is 0 Å². The van der Waals surface area contributed by atoms with Gasteiger partial charge in [0.25, 0.3) is 0 Å². The lowest BCUT2D eigenvalue weighted by molar-refractivity contribution is 0.287. The fraction of sp³-hybridized carbons (Fsp3) is 0.280. The molecule has 0 aliphatic heterocycles. The molecule has 0 aliphatic rings. The third-order valence-electron chi connectivity index (χ3n) is 5.35. The fourth-order valence-electron chi connectivity index (χ4n) is 4.24. The Labute approximate surface area is 171 Å². The summed E-state index contributed by atoms with van der Waals surface area (Å²) in [5.74, 6) is 0. The molecule has 1 N–H and O–H groups in total. The number of rotatable bonds is 6. The predicted molar refractivity (Wildman–Crippen MR) is 125 cm³/mol. The first-order valence-electron chi connectivity index (χ1n) is 9.85. The second kappa shape index (κ2) is 8.64. The van der Waals surface area contributed by atoms with Gasteiger partial charge in [-0.25, -0.2) is 0 Å². The lowest BCUT2D eigenvalue weighted by Crippen LogP contribution is -2.29. The summed E-state index contributed by atoms with van der Waals surface area (Å²) in [6, 6.07) is 23.8. The van der Waals surface area contributed by atoms with Crippen molar-refractivity contribution in [1.82, 2.24) is 0 Å². The lowest BCUT2D eigenvalue weighted by atomic mass is 10.1. The number of aliphatic hydroxyl groups is 1. The van der Waals surface area contributed by atoms with Gasteiger partial charge in [-0.05, 0) is 79.8 Å². The maximum absolute atomic E-state index is 9.94. The molecule has 3 aromatic rings. The van der Waals surface area contributed by atoms with E-state index in [0.717, 1.165) is 0 Å². The van der Waals surface area contributed by atoms with Crippen LogP contribution in [0.25, 0.3) is 0 Å². The minimum atomic E-state index is -2.29. The predicted octanol–water partition coefficient (Wildman–Crippen LogP) is 5.10. The molecule has 0 aromatic heterocycles. The first-order chi connectivity index (χ1) is 13.3. The van der Waals surface area contributed by atoms with Gasteiger partial charge in [-0.15, -0.1) is 0 Å². The average Bonchev–Trinajstić information content (AvgIpc) is 2.64. The molecule has 28 heavy (non-hydrogen) atoms. The number of hydrogen-bond acceptors (Lipinski definition) is 1. The molecule has 0 aliphatic carbocycles. The molecule has 3 rings (SSSR count). The van der Waals surface area contributed by atoms with Crippen molar-refractivity contribution in [3.05, 3.63) is 94.5 Å². The van der Waals surface area contributed by atoms with E-state index in [1.165, 1.54) is 38.4 Å². The van der Waals surface area contributed by atoms with E-state index in [1.54, 1.807) is 0 Å². The molecular weight excluding hydrogens is 358 g/mol. The van der Waals surface area contributed by atoms with Crippen LogP contribution in [0.2, 0.25) is 0 Å². The molecule has 2 radical (unpaired) electrons. The van der Waals surface area contributed by atoms with Crippen LogP contribution in [0.5, 0.6) is 0 Å². The van der Waals surface area contributed by atoms with Crippen molar-refractivity contribution in [2.75, 3.05) is 6.61 Å². The Kier molecular flexibility index (Phi) is 6.43. The van der Waals surface area contributed by atoms with Crippen molar-refractivity contribution in [2.24, 2.45) is 0 Å². The molecule has 142 valence electrons. The van der Waals surface area contributed by atoms with E-state index in [-0.39, 0.29) is 12.3 Å². The number of benzene rings is 3. The summed E-state index contributed by atoms with van der Waals surface area (Å²) in [4.78, 5) is 0. The molecule has 0 bridgehead atoms. The van der Waals surface area contributed by atoms with Gasteiger partial charge in [0.2, 0.25) is 0 Å². The molecule has 0 spiro atoms. The second-order valence-electron chi connectivity index (χ2n) is 7.91. The van der Waals surface area contributed by atoms with Gasteiger partial charge in [-0.3, -0.25) is 0 Å². The Bertz CT molecular complexity index is 860. The fourth-order valence-corrected chi connectivity index (χ4v) is 8.09. The number of hydrogen-bond donors (Lipinski definition) is 1.